The molecule has 2 heterocycles. The highest BCUT2D eigenvalue weighted by atomic mass is 32.1. The zero-order valence-electron chi connectivity index (χ0n) is 15.1. The molecule has 2 aromatic carbocycles. The van der Waals surface area contributed by atoms with Gasteiger partial charge in [-0.1, -0.05) is 24.3 Å². The number of thiazole rings is 1. The van der Waals surface area contributed by atoms with Crippen molar-refractivity contribution in [2.45, 2.75) is 18.9 Å². The first kappa shape index (κ1) is 18.7. The van der Waals surface area contributed by atoms with E-state index in [0.29, 0.717) is 28.2 Å². The number of ether oxygens (including phenoxy) is 1. The molecule has 0 spiro atoms. The second-order valence-corrected chi connectivity index (χ2v) is 7.31. The summed E-state index contributed by atoms with van der Waals surface area (Å²) in [6.07, 6.45) is 3.69. The van der Waals surface area contributed by atoms with Crippen molar-refractivity contribution in [2.24, 2.45) is 10.1 Å². The Labute approximate surface area is 165 Å². The first-order valence-corrected chi connectivity index (χ1v) is 9.96. The number of rotatable bonds is 5. The molecular formula is C21H19F2N3OS. The van der Waals surface area contributed by atoms with E-state index in [0.717, 1.165) is 19.4 Å². The van der Waals surface area contributed by atoms with E-state index >= 15 is 0 Å². The Morgan fingerprint density at radius 1 is 1.18 bits per heavy atom. The van der Waals surface area contributed by atoms with Crippen molar-refractivity contribution >= 4 is 17.6 Å². The number of hydrogen-bond donors (Lipinski definition) is 0. The summed E-state index contributed by atoms with van der Waals surface area (Å²) in [4.78, 5) is 5.28. The molecule has 144 valence electrons. The molecule has 1 aliphatic rings. The first-order chi connectivity index (χ1) is 13.7. The van der Waals surface area contributed by atoms with Gasteiger partial charge in [0.1, 0.15) is 11.6 Å². The number of nitrogens with zero attached hydrogens (tertiary/aromatic N) is 3. The van der Waals surface area contributed by atoms with Gasteiger partial charge in [0.05, 0.1) is 24.6 Å². The standard InChI is InChI=1S/C21H19F2N3OS/c22-16-6-3-5-15(11-16)12-25-26-20(18-8-1-2-9-19(18)23)14-28-21(26)24-13-17-7-4-10-27-17/h1-3,5-6,8-9,11-12,14,17H,4,7,10,13H2/b24-21?,25-12-/t17-/m1/s1. The zero-order valence-corrected chi connectivity index (χ0v) is 15.9. The van der Waals surface area contributed by atoms with Crippen LogP contribution >= 0.6 is 11.3 Å². The molecule has 1 atom stereocenters. The quantitative estimate of drug-likeness (QED) is 0.584. The van der Waals surface area contributed by atoms with Crippen LogP contribution in [-0.2, 0) is 4.74 Å². The summed E-state index contributed by atoms with van der Waals surface area (Å²) < 4.78 is 35.0. The molecule has 1 saturated heterocycles. The highest BCUT2D eigenvalue weighted by Gasteiger charge is 2.16. The lowest BCUT2D eigenvalue weighted by molar-refractivity contribution is 0.117. The molecule has 1 aliphatic heterocycles. The molecule has 0 radical (unpaired) electrons. The summed E-state index contributed by atoms with van der Waals surface area (Å²) in [5.41, 5.74) is 1.65. The van der Waals surface area contributed by atoms with Gasteiger partial charge in [0.25, 0.3) is 0 Å². The number of halogens is 2. The molecule has 0 amide bonds. The predicted octanol–water partition coefficient (Wildman–Crippen LogP) is 4.46. The molecule has 0 bridgehead atoms. The summed E-state index contributed by atoms with van der Waals surface area (Å²) in [6, 6.07) is 12.7. The molecular weight excluding hydrogens is 380 g/mol. The molecule has 4 rings (SSSR count). The van der Waals surface area contributed by atoms with E-state index in [1.807, 2.05) is 5.38 Å². The minimum atomic E-state index is -0.336. The average Bonchev–Trinajstić information content (AvgIpc) is 3.35. The van der Waals surface area contributed by atoms with Gasteiger partial charge in [-0.3, -0.25) is 4.99 Å². The predicted molar refractivity (Wildman–Crippen MR) is 106 cm³/mol. The third-order valence-corrected chi connectivity index (χ3v) is 5.31. The van der Waals surface area contributed by atoms with Crippen molar-refractivity contribution < 1.29 is 13.5 Å². The summed E-state index contributed by atoms with van der Waals surface area (Å²) in [6.45, 7) is 1.30. The van der Waals surface area contributed by atoms with Crippen molar-refractivity contribution in [1.82, 2.24) is 4.68 Å². The van der Waals surface area contributed by atoms with Crippen LogP contribution in [0.25, 0.3) is 11.3 Å². The van der Waals surface area contributed by atoms with E-state index in [-0.39, 0.29) is 17.7 Å². The summed E-state index contributed by atoms with van der Waals surface area (Å²) in [5, 5.41) is 6.30. The maximum absolute atomic E-state index is 14.4. The summed E-state index contributed by atoms with van der Waals surface area (Å²) >= 11 is 1.39. The van der Waals surface area contributed by atoms with Crippen LogP contribution in [0.3, 0.4) is 0 Å². The molecule has 3 aromatic rings. The van der Waals surface area contributed by atoms with E-state index in [1.165, 1.54) is 29.5 Å². The van der Waals surface area contributed by atoms with E-state index in [9.17, 15) is 8.78 Å². The second kappa shape index (κ2) is 8.58. The van der Waals surface area contributed by atoms with Crippen molar-refractivity contribution in [1.29, 1.82) is 0 Å². The molecule has 0 N–H and O–H groups in total. The topological polar surface area (TPSA) is 38.9 Å². The fraction of sp³-hybridized carbons (Fsp3) is 0.238. The summed E-state index contributed by atoms with van der Waals surface area (Å²) in [7, 11) is 0. The SMILES string of the molecule is Fc1cccc(/C=N\n2c(-c3ccccc3F)csc2=NC[C@H]2CCCO2)c1. The van der Waals surface area contributed by atoms with Gasteiger partial charge in [0.15, 0.2) is 0 Å². The average molecular weight is 399 g/mol. The largest absolute Gasteiger partial charge is 0.376 e. The Morgan fingerprint density at radius 2 is 2.07 bits per heavy atom. The summed E-state index contributed by atoms with van der Waals surface area (Å²) in [5.74, 6) is -0.669. The smallest absolute Gasteiger partial charge is 0.206 e. The van der Waals surface area contributed by atoms with Crippen LogP contribution in [0, 0.1) is 11.6 Å². The fourth-order valence-electron chi connectivity index (χ4n) is 3.05. The molecule has 1 fully saturated rings. The molecule has 1 aromatic heterocycles. The third-order valence-electron chi connectivity index (χ3n) is 4.46. The van der Waals surface area contributed by atoms with Crippen molar-refractivity contribution in [2.75, 3.05) is 13.2 Å². The van der Waals surface area contributed by atoms with Crippen LogP contribution in [-0.4, -0.2) is 30.1 Å². The van der Waals surface area contributed by atoms with E-state index in [2.05, 4.69) is 10.1 Å². The van der Waals surface area contributed by atoms with Crippen LogP contribution in [0.4, 0.5) is 8.78 Å². The number of benzene rings is 2. The van der Waals surface area contributed by atoms with Gasteiger partial charge in [-0.2, -0.15) is 5.10 Å². The Morgan fingerprint density at radius 3 is 2.86 bits per heavy atom. The van der Waals surface area contributed by atoms with E-state index in [4.69, 9.17) is 4.74 Å². The van der Waals surface area contributed by atoms with Crippen LogP contribution in [0.5, 0.6) is 0 Å². The van der Waals surface area contributed by atoms with Crippen LogP contribution < -0.4 is 4.80 Å². The van der Waals surface area contributed by atoms with Gasteiger partial charge in [-0.25, -0.2) is 13.5 Å². The monoisotopic (exact) mass is 399 g/mol. The third kappa shape index (κ3) is 4.26. The Hall–Kier alpha value is -2.64. The Kier molecular flexibility index (Phi) is 5.73. The molecule has 0 unspecified atom stereocenters. The highest BCUT2D eigenvalue weighted by molar-refractivity contribution is 7.07. The lowest BCUT2D eigenvalue weighted by atomic mass is 10.1. The first-order valence-electron chi connectivity index (χ1n) is 9.08. The van der Waals surface area contributed by atoms with E-state index in [1.54, 1.807) is 41.2 Å². The highest BCUT2D eigenvalue weighted by Crippen LogP contribution is 2.23. The molecule has 28 heavy (non-hydrogen) atoms. The van der Waals surface area contributed by atoms with Crippen molar-refractivity contribution in [3.63, 3.8) is 0 Å². The van der Waals surface area contributed by atoms with Gasteiger partial charge in [-0.15, -0.1) is 11.3 Å². The number of aromatic nitrogens is 1. The zero-order chi connectivity index (χ0) is 19.3. The van der Waals surface area contributed by atoms with E-state index < -0.39 is 0 Å². The van der Waals surface area contributed by atoms with Crippen LogP contribution in [0.15, 0.2) is 64.0 Å². The lowest BCUT2D eigenvalue weighted by Gasteiger charge is -2.06. The normalized spacial score (nSPS) is 17.6. The minimum absolute atomic E-state index is 0.111. The maximum Gasteiger partial charge on any atom is 0.206 e. The molecule has 0 aliphatic carbocycles. The van der Waals surface area contributed by atoms with Crippen molar-refractivity contribution in [3.05, 3.63) is 75.9 Å². The second-order valence-electron chi connectivity index (χ2n) is 6.47. The van der Waals surface area contributed by atoms with Gasteiger partial charge < -0.3 is 4.74 Å². The maximum atomic E-state index is 14.4. The van der Waals surface area contributed by atoms with Gasteiger partial charge >= 0.3 is 0 Å². The molecule has 0 saturated carbocycles. The Balaban J connectivity index is 1.74. The fourth-order valence-corrected chi connectivity index (χ4v) is 3.89. The van der Waals surface area contributed by atoms with Crippen molar-refractivity contribution in [3.8, 4) is 11.3 Å². The van der Waals surface area contributed by atoms with Gasteiger partial charge in [-0.05, 0) is 42.7 Å². The minimum Gasteiger partial charge on any atom is -0.376 e. The molecule has 7 heteroatoms. The van der Waals surface area contributed by atoms with Gasteiger partial charge in [0.2, 0.25) is 4.80 Å². The number of hydrogen-bond acceptors (Lipinski definition) is 4. The molecule has 4 nitrogen and oxygen atoms in total. The van der Waals surface area contributed by atoms with Crippen LogP contribution in [0.2, 0.25) is 0 Å². The van der Waals surface area contributed by atoms with Gasteiger partial charge in [0, 0.05) is 17.6 Å². The Bertz CT molecular complexity index is 1050. The van der Waals surface area contributed by atoms with Crippen LogP contribution in [0.1, 0.15) is 18.4 Å². The lowest BCUT2D eigenvalue weighted by Crippen LogP contribution is -2.17.